The van der Waals surface area contributed by atoms with Gasteiger partial charge in [-0.3, -0.25) is 0 Å². The van der Waals surface area contributed by atoms with Crippen molar-refractivity contribution in [2.45, 2.75) is 13.5 Å². The largest absolute Gasteiger partial charge is 0.384 e. The quantitative estimate of drug-likeness (QED) is 0.656. The highest BCUT2D eigenvalue weighted by Gasteiger charge is 2.06. The number of hydrogen-bond acceptors (Lipinski definition) is 3. The van der Waals surface area contributed by atoms with E-state index in [4.69, 9.17) is 5.11 Å². The van der Waals surface area contributed by atoms with E-state index in [-0.39, 0.29) is 13.2 Å². The van der Waals surface area contributed by atoms with Gasteiger partial charge in [0.25, 0.3) is 10.2 Å². The van der Waals surface area contributed by atoms with Gasteiger partial charge < -0.3 is 5.11 Å². The Balaban J connectivity index is 2.68. The summed E-state index contributed by atoms with van der Waals surface area (Å²) in [5.74, 6) is 5.30. The van der Waals surface area contributed by atoms with Crippen LogP contribution in [0.2, 0.25) is 0 Å². The lowest BCUT2D eigenvalue weighted by molar-refractivity contribution is 0.350. The molecule has 0 saturated heterocycles. The molecule has 3 N–H and O–H groups in total. The SMILES string of the molecule is CCNS(=O)(=O)NCc1cccc(C#CCO)c1. The standard InChI is InChI=1S/C12H16N2O3S/c1-2-13-18(16,17)14-10-12-6-3-5-11(9-12)7-4-8-15/h3,5-6,9,13-15H,2,8,10H2,1H3. The van der Waals surface area contributed by atoms with Gasteiger partial charge in [-0.25, -0.2) is 4.72 Å². The van der Waals surface area contributed by atoms with Crippen molar-refractivity contribution in [3.05, 3.63) is 35.4 Å². The summed E-state index contributed by atoms with van der Waals surface area (Å²) in [6, 6.07) is 7.17. The molecule has 0 saturated carbocycles. The van der Waals surface area contributed by atoms with Crippen LogP contribution in [0.4, 0.5) is 0 Å². The molecule has 18 heavy (non-hydrogen) atoms. The Bertz CT molecular complexity index is 544. The van der Waals surface area contributed by atoms with Crippen molar-refractivity contribution in [2.75, 3.05) is 13.2 Å². The minimum atomic E-state index is -3.44. The summed E-state index contributed by atoms with van der Waals surface area (Å²) in [6.07, 6.45) is 0. The molecule has 6 heteroatoms. The van der Waals surface area contributed by atoms with Crippen molar-refractivity contribution in [3.8, 4) is 11.8 Å². The average molecular weight is 268 g/mol. The maximum absolute atomic E-state index is 11.4. The van der Waals surface area contributed by atoms with Crippen LogP contribution >= 0.6 is 0 Å². The summed E-state index contributed by atoms with van der Waals surface area (Å²) in [7, 11) is -3.44. The van der Waals surface area contributed by atoms with Crippen molar-refractivity contribution >= 4 is 10.2 Å². The van der Waals surface area contributed by atoms with Crippen LogP contribution < -0.4 is 9.44 Å². The van der Waals surface area contributed by atoms with Crippen molar-refractivity contribution in [3.63, 3.8) is 0 Å². The van der Waals surface area contributed by atoms with Crippen molar-refractivity contribution in [1.29, 1.82) is 0 Å². The summed E-state index contributed by atoms with van der Waals surface area (Å²) in [5.41, 5.74) is 1.55. The molecular weight excluding hydrogens is 252 g/mol. The van der Waals surface area contributed by atoms with Gasteiger partial charge in [-0.2, -0.15) is 13.1 Å². The zero-order chi connectivity index (χ0) is 13.4. The summed E-state index contributed by atoms with van der Waals surface area (Å²) >= 11 is 0. The van der Waals surface area contributed by atoms with Crippen molar-refractivity contribution in [1.82, 2.24) is 9.44 Å². The first-order valence-corrected chi connectivity index (χ1v) is 6.98. The fourth-order valence-corrected chi connectivity index (χ4v) is 2.16. The first kappa shape index (κ1) is 14.7. The Hall–Kier alpha value is -1.39. The lowest BCUT2D eigenvalue weighted by Gasteiger charge is -2.06. The van der Waals surface area contributed by atoms with Gasteiger partial charge in [0.1, 0.15) is 6.61 Å². The van der Waals surface area contributed by atoms with Crippen LogP contribution in [0.3, 0.4) is 0 Å². The van der Waals surface area contributed by atoms with E-state index in [0.29, 0.717) is 6.54 Å². The fourth-order valence-electron chi connectivity index (χ4n) is 1.32. The maximum Gasteiger partial charge on any atom is 0.277 e. The van der Waals surface area contributed by atoms with Gasteiger partial charge in [-0.15, -0.1) is 0 Å². The van der Waals surface area contributed by atoms with Crippen molar-refractivity contribution in [2.24, 2.45) is 0 Å². The lowest BCUT2D eigenvalue weighted by atomic mass is 10.1. The molecule has 1 aromatic carbocycles. The summed E-state index contributed by atoms with van der Waals surface area (Å²) < 4.78 is 27.5. The molecule has 0 heterocycles. The fraction of sp³-hybridized carbons (Fsp3) is 0.333. The second-order valence-electron chi connectivity index (χ2n) is 3.48. The molecule has 0 amide bonds. The van der Waals surface area contributed by atoms with Gasteiger partial charge in [0.2, 0.25) is 0 Å². The molecule has 0 aromatic heterocycles. The monoisotopic (exact) mass is 268 g/mol. The first-order chi connectivity index (χ1) is 8.57. The number of aliphatic hydroxyl groups excluding tert-OH is 1. The smallest absolute Gasteiger partial charge is 0.277 e. The van der Waals surface area contributed by atoms with Crippen LogP contribution in [-0.4, -0.2) is 26.7 Å². The van der Waals surface area contributed by atoms with Gasteiger partial charge in [0.15, 0.2) is 0 Å². The lowest BCUT2D eigenvalue weighted by Crippen LogP contribution is -2.35. The van der Waals surface area contributed by atoms with Gasteiger partial charge >= 0.3 is 0 Å². The normalized spacial score (nSPS) is 10.8. The number of hydrogen-bond donors (Lipinski definition) is 3. The molecule has 1 rings (SSSR count). The van der Waals surface area contributed by atoms with Gasteiger partial charge in [-0.1, -0.05) is 30.9 Å². The van der Waals surface area contributed by atoms with Gasteiger partial charge in [0, 0.05) is 18.7 Å². The predicted molar refractivity (Wildman–Crippen MR) is 69.8 cm³/mol. The average Bonchev–Trinajstić information content (AvgIpc) is 2.35. The Labute approximate surface area is 107 Å². The van der Waals surface area contributed by atoms with E-state index >= 15 is 0 Å². The summed E-state index contributed by atoms with van der Waals surface area (Å²) in [4.78, 5) is 0. The number of rotatable bonds is 5. The molecule has 1 aromatic rings. The maximum atomic E-state index is 11.4. The minimum Gasteiger partial charge on any atom is -0.384 e. The van der Waals surface area contributed by atoms with Gasteiger partial charge in [-0.05, 0) is 17.7 Å². The zero-order valence-electron chi connectivity index (χ0n) is 10.1. The second kappa shape index (κ2) is 7.13. The van der Waals surface area contributed by atoms with Crippen LogP contribution in [0, 0.1) is 11.8 Å². The van der Waals surface area contributed by atoms with Crippen LogP contribution in [-0.2, 0) is 16.8 Å². The molecular formula is C12H16N2O3S. The second-order valence-corrected chi connectivity index (χ2v) is 5.07. The van der Waals surface area contributed by atoms with Gasteiger partial charge in [0.05, 0.1) is 0 Å². The van der Waals surface area contributed by atoms with E-state index in [0.717, 1.165) is 11.1 Å². The highest BCUT2D eigenvalue weighted by Crippen LogP contribution is 2.04. The van der Waals surface area contributed by atoms with E-state index in [9.17, 15) is 8.42 Å². The number of nitrogens with one attached hydrogen (secondary N) is 2. The number of aliphatic hydroxyl groups is 1. The summed E-state index contributed by atoms with van der Waals surface area (Å²) in [5, 5.41) is 8.59. The van der Waals surface area contributed by atoms with E-state index in [1.165, 1.54) is 0 Å². The van der Waals surface area contributed by atoms with Crippen LogP contribution in [0.1, 0.15) is 18.1 Å². The van der Waals surface area contributed by atoms with E-state index < -0.39 is 10.2 Å². The Morgan fingerprint density at radius 1 is 1.33 bits per heavy atom. The topological polar surface area (TPSA) is 78.4 Å². The molecule has 98 valence electrons. The third-order valence-electron chi connectivity index (χ3n) is 2.04. The summed E-state index contributed by atoms with van der Waals surface area (Å²) in [6.45, 7) is 2.06. The first-order valence-electron chi connectivity index (χ1n) is 5.50. The van der Waals surface area contributed by atoms with Crippen LogP contribution in [0.15, 0.2) is 24.3 Å². The molecule has 0 fully saturated rings. The molecule has 0 aliphatic carbocycles. The Kier molecular flexibility index (Phi) is 5.82. The minimum absolute atomic E-state index is 0.197. The highest BCUT2D eigenvalue weighted by molar-refractivity contribution is 7.87. The Morgan fingerprint density at radius 2 is 2.11 bits per heavy atom. The zero-order valence-corrected chi connectivity index (χ0v) is 10.9. The van der Waals surface area contributed by atoms with Crippen LogP contribution in [0.5, 0.6) is 0 Å². The predicted octanol–water partition coefficient (Wildman–Crippen LogP) is -0.0257. The molecule has 0 radical (unpaired) electrons. The molecule has 0 atom stereocenters. The third kappa shape index (κ3) is 5.29. The molecule has 0 spiro atoms. The molecule has 0 aliphatic rings. The highest BCUT2D eigenvalue weighted by atomic mass is 32.2. The molecule has 0 bridgehead atoms. The van der Waals surface area contributed by atoms with Crippen molar-refractivity contribution < 1.29 is 13.5 Å². The van der Waals surface area contributed by atoms with E-state index in [1.54, 1.807) is 31.2 Å². The van der Waals surface area contributed by atoms with Crippen LogP contribution in [0.25, 0.3) is 0 Å². The molecule has 5 nitrogen and oxygen atoms in total. The number of benzene rings is 1. The molecule has 0 aliphatic heterocycles. The molecule has 0 unspecified atom stereocenters. The van der Waals surface area contributed by atoms with E-state index in [2.05, 4.69) is 21.3 Å². The third-order valence-corrected chi connectivity index (χ3v) is 3.23. The Morgan fingerprint density at radius 3 is 2.78 bits per heavy atom. The van der Waals surface area contributed by atoms with E-state index in [1.807, 2.05) is 0 Å².